The fraction of sp³-hybridized carbons (Fsp3) is 0.714. The summed E-state index contributed by atoms with van der Waals surface area (Å²) in [5.74, 6) is 5.23. The number of aliphatic hydroxyl groups is 1. The smallest absolute Gasteiger partial charge is 0.185 e. The van der Waals surface area contributed by atoms with E-state index in [2.05, 4.69) is 31.5 Å². The van der Waals surface area contributed by atoms with Gasteiger partial charge in [-0.3, -0.25) is 0 Å². The van der Waals surface area contributed by atoms with E-state index in [9.17, 15) is 0 Å². The van der Waals surface area contributed by atoms with Crippen LogP contribution in [0.5, 0.6) is 0 Å². The van der Waals surface area contributed by atoms with Crippen molar-refractivity contribution in [3.05, 3.63) is 0 Å². The van der Waals surface area contributed by atoms with Gasteiger partial charge in [0.1, 0.15) is 6.61 Å². The van der Waals surface area contributed by atoms with Gasteiger partial charge in [-0.25, -0.2) is 0 Å². The number of hydrogen-bond donors (Lipinski definition) is 1. The van der Waals surface area contributed by atoms with Crippen LogP contribution in [0.4, 0.5) is 0 Å². The molecule has 0 fully saturated rings. The van der Waals surface area contributed by atoms with Gasteiger partial charge in [-0.05, 0) is 19.6 Å². The third kappa shape index (κ3) is 7.70. The van der Waals surface area contributed by atoms with Crippen molar-refractivity contribution < 1.29 is 9.53 Å². The van der Waals surface area contributed by atoms with Crippen LogP contribution in [0.25, 0.3) is 0 Å². The lowest BCUT2D eigenvalue weighted by molar-refractivity contribution is 0.346. The molecule has 0 atom stereocenters. The van der Waals surface area contributed by atoms with Crippen LogP contribution in [-0.4, -0.2) is 26.6 Å². The molecule has 2 nitrogen and oxygen atoms in total. The third-order valence-electron chi connectivity index (χ3n) is 0.781. The highest BCUT2D eigenvalue weighted by Gasteiger charge is 2.12. The minimum atomic E-state index is -1.39. The van der Waals surface area contributed by atoms with Gasteiger partial charge in [0.15, 0.2) is 8.32 Å². The first-order valence-corrected chi connectivity index (χ1v) is 6.67. The van der Waals surface area contributed by atoms with Gasteiger partial charge in [0.05, 0.1) is 6.61 Å². The molecule has 0 aromatic heterocycles. The molecule has 0 aliphatic carbocycles. The van der Waals surface area contributed by atoms with E-state index in [1.807, 2.05) is 0 Å². The monoisotopic (exact) mass is 158 g/mol. The van der Waals surface area contributed by atoms with E-state index in [1.54, 1.807) is 0 Å². The zero-order valence-corrected chi connectivity index (χ0v) is 7.77. The normalized spacial score (nSPS) is 10.4. The Morgan fingerprint density at radius 3 is 2.30 bits per heavy atom. The first-order chi connectivity index (χ1) is 4.56. The first kappa shape index (κ1) is 9.70. The van der Waals surface area contributed by atoms with Gasteiger partial charge in [0.25, 0.3) is 0 Å². The van der Waals surface area contributed by atoms with Crippen molar-refractivity contribution >= 4 is 8.32 Å². The number of aliphatic hydroxyl groups excluding tert-OH is 1. The zero-order valence-electron chi connectivity index (χ0n) is 6.77. The summed E-state index contributed by atoms with van der Waals surface area (Å²) in [5, 5.41) is 8.28. The summed E-state index contributed by atoms with van der Waals surface area (Å²) < 4.78 is 5.39. The minimum Gasteiger partial charge on any atom is -0.407 e. The summed E-state index contributed by atoms with van der Waals surface area (Å²) in [6.07, 6.45) is 0. The van der Waals surface area contributed by atoms with Crippen LogP contribution in [0.15, 0.2) is 0 Å². The second kappa shape index (κ2) is 4.50. The average Bonchev–Trinajstić information content (AvgIpc) is 1.78. The molecule has 0 saturated carbocycles. The molecule has 0 saturated heterocycles. The van der Waals surface area contributed by atoms with E-state index in [-0.39, 0.29) is 6.61 Å². The van der Waals surface area contributed by atoms with E-state index in [4.69, 9.17) is 9.53 Å². The summed E-state index contributed by atoms with van der Waals surface area (Å²) in [4.78, 5) is 0. The molecule has 0 aromatic rings. The van der Waals surface area contributed by atoms with Crippen molar-refractivity contribution in [3.63, 3.8) is 0 Å². The fourth-order valence-corrected chi connectivity index (χ4v) is 0.865. The molecular weight excluding hydrogens is 144 g/mol. The van der Waals surface area contributed by atoms with Crippen LogP contribution in [0, 0.1) is 11.8 Å². The van der Waals surface area contributed by atoms with Gasteiger partial charge in [-0.15, -0.1) is 0 Å². The molecule has 0 rings (SSSR count). The highest BCUT2D eigenvalue weighted by Crippen LogP contribution is 2.00. The van der Waals surface area contributed by atoms with Crippen molar-refractivity contribution in [1.82, 2.24) is 0 Å². The quantitative estimate of drug-likeness (QED) is 0.476. The van der Waals surface area contributed by atoms with E-state index in [1.165, 1.54) is 0 Å². The lowest BCUT2D eigenvalue weighted by Crippen LogP contribution is -2.25. The molecule has 0 aromatic carbocycles. The fourth-order valence-electron chi connectivity index (χ4n) is 0.360. The van der Waals surface area contributed by atoms with Gasteiger partial charge in [0.2, 0.25) is 0 Å². The van der Waals surface area contributed by atoms with Gasteiger partial charge in [-0.2, -0.15) is 0 Å². The molecule has 3 heteroatoms. The molecule has 58 valence electrons. The maximum Gasteiger partial charge on any atom is 0.185 e. The molecule has 0 aliphatic rings. The van der Waals surface area contributed by atoms with Crippen LogP contribution in [-0.2, 0) is 4.43 Å². The van der Waals surface area contributed by atoms with E-state index >= 15 is 0 Å². The van der Waals surface area contributed by atoms with E-state index in [0.29, 0.717) is 6.61 Å². The molecule has 0 heterocycles. The Kier molecular flexibility index (Phi) is 4.37. The summed E-state index contributed by atoms with van der Waals surface area (Å²) in [6, 6.07) is 0. The lowest BCUT2D eigenvalue weighted by Gasteiger charge is -2.13. The van der Waals surface area contributed by atoms with Crippen LogP contribution >= 0.6 is 0 Å². The van der Waals surface area contributed by atoms with Gasteiger partial charge < -0.3 is 9.53 Å². The largest absolute Gasteiger partial charge is 0.407 e. The summed E-state index contributed by atoms with van der Waals surface area (Å²) >= 11 is 0. The second-order valence-corrected chi connectivity index (χ2v) is 7.43. The summed E-state index contributed by atoms with van der Waals surface area (Å²) in [6.45, 7) is 6.69. The molecule has 0 radical (unpaired) electrons. The maximum absolute atomic E-state index is 8.28. The number of rotatable bonds is 2. The van der Waals surface area contributed by atoms with Crippen molar-refractivity contribution in [2.45, 2.75) is 19.6 Å². The van der Waals surface area contributed by atoms with Gasteiger partial charge >= 0.3 is 0 Å². The Balaban J connectivity index is 3.37. The molecule has 0 spiro atoms. The van der Waals surface area contributed by atoms with Crippen LogP contribution in [0.1, 0.15) is 0 Å². The van der Waals surface area contributed by atoms with E-state index < -0.39 is 8.32 Å². The van der Waals surface area contributed by atoms with Crippen LogP contribution in [0.3, 0.4) is 0 Å². The van der Waals surface area contributed by atoms with Crippen LogP contribution < -0.4 is 0 Å². The van der Waals surface area contributed by atoms with Gasteiger partial charge in [0, 0.05) is 0 Å². The lowest BCUT2D eigenvalue weighted by atomic mass is 10.6. The first-order valence-electron chi connectivity index (χ1n) is 3.27. The number of hydrogen-bond acceptors (Lipinski definition) is 2. The topological polar surface area (TPSA) is 29.5 Å². The molecular formula is C7H14O2Si. The van der Waals surface area contributed by atoms with Crippen LogP contribution in [0.2, 0.25) is 19.6 Å². The van der Waals surface area contributed by atoms with Crippen molar-refractivity contribution in [1.29, 1.82) is 0 Å². The molecule has 0 aliphatic heterocycles. The Labute approximate surface area is 63.3 Å². The predicted molar refractivity (Wildman–Crippen MR) is 44.2 cm³/mol. The summed E-state index contributed by atoms with van der Waals surface area (Å²) in [7, 11) is -1.39. The second-order valence-electron chi connectivity index (χ2n) is 2.91. The van der Waals surface area contributed by atoms with Crippen molar-refractivity contribution in [2.75, 3.05) is 13.2 Å². The Hall–Kier alpha value is -0.303. The molecule has 10 heavy (non-hydrogen) atoms. The Bertz CT molecular complexity index is 138. The highest BCUT2D eigenvalue weighted by molar-refractivity contribution is 6.69. The third-order valence-corrected chi connectivity index (χ3v) is 1.79. The SMILES string of the molecule is C[Si](C)(C)OCC#CCO. The van der Waals surface area contributed by atoms with Gasteiger partial charge in [-0.1, -0.05) is 11.8 Å². The van der Waals surface area contributed by atoms with E-state index in [0.717, 1.165) is 0 Å². The molecule has 0 bridgehead atoms. The zero-order chi connectivity index (χ0) is 8.04. The summed E-state index contributed by atoms with van der Waals surface area (Å²) in [5.41, 5.74) is 0. The molecule has 1 N–H and O–H groups in total. The predicted octanol–water partition coefficient (Wildman–Crippen LogP) is 0.834. The standard InChI is InChI=1S/C7H14O2Si/c1-10(2,3)9-7-5-4-6-8/h8H,6-7H2,1-3H3. The Morgan fingerprint density at radius 2 is 1.90 bits per heavy atom. The average molecular weight is 158 g/mol. The maximum atomic E-state index is 8.28. The van der Waals surface area contributed by atoms with Crippen molar-refractivity contribution in [2.24, 2.45) is 0 Å². The Morgan fingerprint density at radius 1 is 1.30 bits per heavy atom. The molecule has 0 unspecified atom stereocenters. The molecule has 0 amide bonds. The highest BCUT2D eigenvalue weighted by atomic mass is 28.4. The minimum absolute atomic E-state index is 0.0743. The van der Waals surface area contributed by atoms with Crippen molar-refractivity contribution in [3.8, 4) is 11.8 Å².